The predicted octanol–water partition coefficient (Wildman–Crippen LogP) is 3.94. The molecule has 3 rings (SSSR count). The minimum Gasteiger partial charge on any atom is -0.478 e. The van der Waals surface area contributed by atoms with E-state index in [9.17, 15) is 4.79 Å². The molecule has 0 atom stereocenters. The Bertz CT molecular complexity index is 880. The first kappa shape index (κ1) is 15.8. The van der Waals surface area contributed by atoms with Crippen LogP contribution >= 0.6 is 0 Å². The number of carbonyl (C=O) groups is 1. The average molecular weight is 321 g/mol. The predicted molar refractivity (Wildman–Crippen MR) is 94.5 cm³/mol. The van der Waals surface area contributed by atoms with Gasteiger partial charge < -0.3 is 10.8 Å². The molecule has 0 saturated heterocycles. The summed E-state index contributed by atoms with van der Waals surface area (Å²) in [7, 11) is 0. The largest absolute Gasteiger partial charge is 0.478 e. The number of nitrogens with two attached hydrogens (primary N) is 1. The zero-order chi connectivity index (χ0) is 17.3. The van der Waals surface area contributed by atoms with Gasteiger partial charge in [-0.15, -0.1) is 0 Å². The lowest BCUT2D eigenvalue weighted by atomic mass is 10.0. The normalized spacial score (nSPS) is 11.0. The molecule has 1 heterocycles. The fraction of sp³-hybridized carbons (Fsp3) is 0.158. The summed E-state index contributed by atoms with van der Waals surface area (Å²) < 4.78 is 1.69. The molecule has 0 aliphatic heterocycles. The summed E-state index contributed by atoms with van der Waals surface area (Å²) in [5, 5.41) is 9.12. The van der Waals surface area contributed by atoms with Crippen LogP contribution in [0.25, 0.3) is 16.9 Å². The first-order valence-corrected chi connectivity index (χ1v) is 7.74. The number of carboxylic acid groups (broad SMARTS) is 1. The van der Waals surface area contributed by atoms with Crippen LogP contribution in [0.15, 0.2) is 54.7 Å². The third-order valence-corrected chi connectivity index (χ3v) is 3.98. The number of imidazole rings is 1. The van der Waals surface area contributed by atoms with Gasteiger partial charge in [-0.25, -0.2) is 9.78 Å². The lowest BCUT2D eigenvalue weighted by molar-refractivity contribution is 0.0697. The maximum Gasteiger partial charge on any atom is 0.335 e. The molecule has 0 radical (unpaired) electrons. The van der Waals surface area contributed by atoms with Gasteiger partial charge in [-0.1, -0.05) is 44.2 Å². The molecule has 0 amide bonds. The molecule has 0 bridgehead atoms. The Morgan fingerprint density at radius 1 is 1.17 bits per heavy atom. The second kappa shape index (κ2) is 6.20. The molecule has 3 aromatic rings. The number of benzene rings is 2. The molecule has 1 aromatic heterocycles. The summed E-state index contributed by atoms with van der Waals surface area (Å²) in [4.78, 5) is 15.5. The van der Waals surface area contributed by atoms with Crippen LogP contribution < -0.4 is 5.73 Å². The van der Waals surface area contributed by atoms with Gasteiger partial charge in [0.1, 0.15) is 0 Å². The zero-order valence-corrected chi connectivity index (χ0v) is 13.6. The second-order valence-electron chi connectivity index (χ2n) is 5.99. The van der Waals surface area contributed by atoms with E-state index >= 15 is 0 Å². The summed E-state index contributed by atoms with van der Waals surface area (Å²) in [5.41, 5.74) is 9.89. The van der Waals surface area contributed by atoms with Crippen LogP contribution in [0.5, 0.6) is 0 Å². The highest BCUT2D eigenvalue weighted by atomic mass is 16.4. The third kappa shape index (κ3) is 3.01. The SMILES string of the molecule is CC(C)c1ccc(-c2cn(-c3cccc(C(=O)O)c3)c(N)n2)cc1. The van der Waals surface area contributed by atoms with Crippen molar-refractivity contribution < 1.29 is 9.90 Å². The van der Waals surface area contributed by atoms with Gasteiger partial charge in [0.25, 0.3) is 0 Å². The van der Waals surface area contributed by atoms with Gasteiger partial charge in [0.05, 0.1) is 11.3 Å². The fourth-order valence-electron chi connectivity index (χ4n) is 2.57. The summed E-state index contributed by atoms with van der Waals surface area (Å²) in [6, 6.07) is 14.8. The molecule has 0 aliphatic carbocycles. The van der Waals surface area contributed by atoms with Gasteiger partial charge in [0, 0.05) is 17.4 Å². The van der Waals surface area contributed by atoms with Crippen LogP contribution in [-0.2, 0) is 0 Å². The summed E-state index contributed by atoms with van der Waals surface area (Å²) >= 11 is 0. The molecule has 0 saturated carbocycles. The van der Waals surface area contributed by atoms with Gasteiger partial charge in [-0.05, 0) is 29.7 Å². The van der Waals surface area contributed by atoms with Crippen LogP contribution in [0.3, 0.4) is 0 Å². The molecule has 0 aliphatic rings. The molecule has 0 fully saturated rings. The van der Waals surface area contributed by atoms with Gasteiger partial charge in [-0.2, -0.15) is 0 Å². The van der Waals surface area contributed by atoms with Crippen molar-refractivity contribution in [3.8, 4) is 16.9 Å². The number of aromatic carboxylic acids is 1. The Morgan fingerprint density at radius 3 is 2.50 bits per heavy atom. The van der Waals surface area contributed by atoms with Crippen LogP contribution in [0.1, 0.15) is 35.7 Å². The van der Waals surface area contributed by atoms with Crippen molar-refractivity contribution in [3.05, 3.63) is 65.9 Å². The lowest BCUT2D eigenvalue weighted by Gasteiger charge is -2.06. The lowest BCUT2D eigenvalue weighted by Crippen LogP contribution is -2.02. The Hall–Kier alpha value is -3.08. The number of anilines is 1. The topological polar surface area (TPSA) is 81.1 Å². The highest BCUT2D eigenvalue weighted by Gasteiger charge is 2.11. The molecule has 24 heavy (non-hydrogen) atoms. The van der Waals surface area contributed by atoms with Crippen molar-refractivity contribution in [2.45, 2.75) is 19.8 Å². The Labute approximate surface area is 140 Å². The first-order valence-electron chi connectivity index (χ1n) is 7.74. The van der Waals surface area contributed by atoms with Crippen LogP contribution in [0.2, 0.25) is 0 Å². The second-order valence-corrected chi connectivity index (χ2v) is 5.99. The van der Waals surface area contributed by atoms with E-state index in [1.807, 2.05) is 18.3 Å². The molecule has 122 valence electrons. The molecule has 5 heteroatoms. The van der Waals surface area contributed by atoms with Crippen molar-refractivity contribution in [2.75, 3.05) is 5.73 Å². The standard InChI is InChI=1S/C19H19N3O2/c1-12(2)13-6-8-14(9-7-13)17-11-22(19(20)21-17)16-5-3-4-15(10-16)18(23)24/h3-12H,1-2H3,(H2,20,21)(H,23,24). The number of rotatable bonds is 4. The van der Waals surface area contributed by atoms with Crippen molar-refractivity contribution in [3.63, 3.8) is 0 Å². The van der Waals surface area contributed by atoms with E-state index < -0.39 is 5.97 Å². The molecular formula is C19H19N3O2. The number of nitrogens with zero attached hydrogens (tertiary/aromatic N) is 2. The van der Waals surface area contributed by atoms with Crippen molar-refractivity contribution in [1.29, 1.82) is 0 Å². The summed E-state index contributed by atoms with van der Waals surface area (Å²) in [5.74, 6) is -0.180. The number of hydrogen-bond acceptors (Lipinski definition) is 3. The maximum atomic E-state index is 11.1. The molecule has 5 nitrogen and oxygen atoms in total. The van der Waals surface area contributed by atoms with Gasteiger partial charge in [0.15, 0.2) is 0 Å². The van der Waals surface area contributed by atoms with Crippen LogP contribution in [0, 0.1) is 0 Å². The maximum absolute atomic E-state index is 11.1. The number of carboxylic acids is 1. The van der Waals surface area contributed by atoms with Crippen LogP contribution in [-0.4, -0.2) is 20.6 Å². The highest BCUT2D eigenvalue weighted by molar-refractivity contribution is 5.88. The highest BCUT2D eigenvalue weighted by Crippen LogP contribution is 2.25. The van der Waals surface area contributed by atoms with Crippen molar-refractivity contribution >= 4 is 11.9 Å². The van der Waals surface area contributed by atoms with E-state index in [4.69, 9.17) is 10.8 Å². The molecule has 2 aromatic carbocycles. The minimum atomic E-state index is -0.972. The molecular weight excluding hydrogens is 302 g/mol. The van der Waals surface area contributed by atoms with E-state index in [1.54, 1.807) is 28.8 Å². The van der Waals surface area contributed by atoms with E-state index in [2.05, 4.69) is 31.0 Å². The Morgan fingerprint density at radius 2 is 1.88 bits per heavy atom. The Balaban J connectivity index is 1.98. The smallest absolute Gasteiger partial charge is 0.335 e. The Kier molecular flexibility index (Phi) is 4.08. The van der Waals surface area contributed by atoms with E-state index in [0.717, 1.165) is 11.3 Å². The first-order chi connectivity index (χ1) is 11.5. The number of hydrogen-bond donors (Lipinski definition) is 2. The third-order valence-electron chi connectivity index (χ3n) is 3.98. The van der Waals surface area contributed by atoms with Crippen LogP contribution in [0.4, 0.5) is 5.95 Å². The van der Waals surface area contributed by atoms with E-state index in [-0.39, 0.29) is 5.56 Å². The number of aromatic nitrogens is 2. The molecule has 0 spiro atoms. The summed E-state index contributed by atoms with van der Waals surface area (Å²) in [6.07, 6.45) is 1.82. The van der Waals surface area contributed by atoms with Gasteiger partial charge >= 0.3 is 5.97 Å². The zero-order valence-electron chi connectivity index (χ0n) is 13.6. The van der Waals surface area contributed by atoms with Gasteiger partial charge in [-0.3, -0.25) is 4.57 Å². The van der Waals surface area contributed by atoms with E-state index in [0.29, 0.717) is 17.6 Å². The van der Waals surface area contributed by atoms with E-state index in [1.165, 1.54) is 5.56 Å². The molecule has 0 unspecified atom stereocenters. The van der Waals surface area contributed by atoms with Gasteiger partial charge in [0.2, 0.25) is 5.95 Å². The monoisotopic (exact) mass is 321 g/mol. The fourth-order valence-corrected chi connectivity index (χ4v) is 2.57. The average Bonchev–Trinajstić information content (AvgIpc) is 2.97. The number of nitrogen functional groups attached to an aromatic ring is 1. The minimum absolute atomic E-state index is 0.212. The van der Waals surface area contributed by atoms with Crippen molar-refractivity contribution in [1.82, 2.24) is 9.55 Å². The molecule has 3 N–H and O–H groups in total. The quantitative estimate of drug-likeness (QED) is 0.762. The van der Waals surface area contributed by atoms with Crippen molar-refractivity contribution in [2.24, 2.45) is 0 Å². The summed E-state index contributed by atoms with van der Waals surface area (Å²) in [6.45, 7) is 4.30.